The number of carboxylic acids is 1. The van der Waals surface area contributed by atoms with Crippen molar-refractivity contribution in [3.05, 3.63) is 12.7 Å². The van der Waals surface area contributed by atoms with Crippen LogP contribution >= 0.6 is 0 Å². The maximum atomic E-state index is 11.7. The molecule has 0 aliphatic heterocycles. The molecule has 0 unspecified atom stereocenters. The first-order valence-electron chi connectivity index (χ1n) is 8.08. The van der Waals surface area contributed by atoms with E-state index in [0.717, 1.165) is 0 Å². The summed E-state index contributed by atoms with van der Waals surface area (Å²) in [4.78, 5) is 34.1. The Morgan fingerprint density at radius 1 is 1.22 bits per heavy atom. The van der Waals surface area contributed by atoms with E-state index >= 15 is 0 Å². The van der Waals surface area contributed by atoms with Crippen molar-refractivity contribution in [2.75, 3.05) is 18.9 Å². The molecule has 2 aromatic rings. The van der Waals surface area contributed by atoms with Crippen LogP contribution in [-0.2, 0) is 19.1 Å². The first-order valence-corrected chi connectivity index (χ1v) is 8.08. The minimum atomic E-state index is -1.12. The molecule has 12 nitrogen and oxygen atoms in total. The molecule has 0 radical (unpaired) electrons. The van der Waals surface area contributed by atoms with Gasteiger partial charge < -0.3 is 30.5 Å². The molecule has 148 valence electrons. The van der Waals surface area contributed by atoms with Gasteiger partial charge >= 0.3 is 11.9 Å². The Morgan fingerprint density at radius 3 is 2.59 bits per heavy atom. The molecule has 2 aromatic heterocycles. The van der Waals surface area contributed by atoms with Gasteiger partial charge in [-0.1, -0.05) is 0 Å². The van der Waals surface area contributed by atoms with E-state index in [1.54, 1.807) is 0 Å². The zero-order valence-corrected chi connectivity index (χ0v) is 14.6. The van der Waals surface area contributed by atoms with Crippen LogP contribution in [0, 0.1) is 0 Å². The van der Waals surface area contributed by atoms with Gasteiger partial charge in [-0.3, -0.25) is 14.2 Å². The zero-order valence-electron chi connectivity index (χ0n) is 14.6. The van der Waals surface area contributed by atoms with Crippen LogP contribution in [0.1, 0.15) is 26.0 Å². The van der Waals surface area contributed by atoms with Crippen molar-refractivity contribution >= 4 is 28.9 Å². The maximum absolute atomic E-state index is 11.7. The summed E-state index contributed by atoms with van der Waals surface area (Å²) in [5, 5.41) is 27.8. The Balaban J connectivity index is 2.09. The average molecular weight is 383 g/mol. The van der Waals surface area contributed by atoms with E-state index in [2.05, 4.69) is 15.0 Å². The number of aliphatic hydroxyl groups is 2. The number of carbonyl (C=O) groups is 2. The van der Waals surface area contributed by atoms with E-state index in [4.69, 9.17) is 20.3 Å². The number of aromatic nitrogens is 4. The molecule has 0 aromatic carbocycles. The number of carbonyl (C=O) groups excluding carboxylic acids is 1. The summed E-state index contributed by atoms with van der Waals surface area (Å²) in [6.07, 6.45) is -0.926. The van der Waals surface area contributed by atoms with Gasteiger partial charge in [0.2, 0.25) is 0 Å². The highest BCUT2D eigenvalue weighted by Gasteiger charge is 2.27. The van der Waals surface area contributed by atoms with Crippen molar-refractivity contribution in [2.45, 2.75) is 38.2 Å². The number of ether oxygens (including phenoxy) is 2. The van der Waals surface area contributed by atoms with E-state index in [0.29, 0.717) is 11.2 Å². The third-order valence-electron chi connectivity index (χ3n) is 3.75. The fourth-order valence-electron chi connectivity index (χ4n) is 2.33. The summed E-state index contributed by atoms with van der Waals surface area (Å²) in [6, 6.07) is 0. The van der Waals surface area contributed by atoms with Crippen LogP contribution < -0.4 is 5.73 Å². The fraction of sp³-hybridized carbons (Fsp3) is 0.533. The molecule has 5 N–H and O–H groups in total. The molecular formula is C15H21N5O7. The number of hydrogen-bond acceptors (Lipinski definition) is 10. The number of nitrogen functional groups attached to an aromatic ring is 1. The molecule has 0 spiro atoms. The van der Waals surface area contributed by atoms with E-state index in [9.17, 15) is 19.8 Å². The van der Waals surface area contributed by atoms with Gasteiger partial charge in [0.25, 0.3) is 0 Å². The Hall–Kier alpha value is -2.83. The van der Waals surface area contributed by atoms with Gasteiger partial charge in [0.05, 0.1) is 32.4 Å². The second kappa shape index (κ2) is 9.21. The molecule has 0 amide bonds. The third-order valence-corrected chi connectivity index (χ3v) is 3.75. The van der Waals surface area contributed by atoms with E-state index in [1.165, 1.54) is 24.1 Å². The van der Waals surface area contributed by atoms with Crippen molar-refractivity contribution in [1.29, 1.82) is 0 Å². The van der Waals surface area contributed by atoms with Gasteiger partial charge in [-0.2, -0.15) is 0 Å². The summed E-state index contributed by atoms with van der Waals surface area (Å²) in [7, 11) is 0. The molecule has 2 rings (SSSR count). The lowest BCUT2D eigenvalue weighted by Gasteiger charge is -2.27. The maximum Gasteiger partial charge on any atom is 0.306 e. The summed E-state index contributed by atoms with van der Waals surface area (Å²) >= 11 is 0. The molecule has 27 heavy (non-hydrogen) atoms. The molecule has 0 aliphatic rings. The van der Waals surface area contributed by atoms with Gasteiger partial charge in [-0.15, -0.1) is 0 Å². The molecule has 0 saturated heterocycles. The third kappa shape index (κ3) is 5.09. The van der Waals surface area contributed by atoms with Crippen molar-refractivity contribution in [3.63, 3.8) is 0 Å². The topological polar surface area (TPSA) is 183 Å². The van der Waals surface area contributed by atoms with Gasteiger partial charge in [-0.05, 0) is 6.92 Å². The molecule has 0 saturated carbocycles. The number of rotatable bonds is 10. The summed E-state index contributed by atoms with van der Waals surface area (Å²) in [6.45, 7) is 0.499. The van der Waals surface area contributed by atoms with Gasteiger partial charge in [0.1, 0.15) is 24.1 Å². The second-order valence-electron chi connectivity index (χ2n) is 5.67. The Bertz CT molecular complexity index is 796. The smallest absolute Gasteiger partial charge is 0.306 e. The Morgan fingerprint density at radius 2 is 1.96 bits per heavy atom. The number of carboxylic acid groups (broad SMARTS) is 1. The predicted molar refractivity (Wildman–Crippen MR) is 90.2 cm³/mol. The van der Waals surface area contributed by atoms with Gasteiger partial charge in [0, 0.05) is 0 Å². The number of hydrogen-bond donors (Lipinski definition) is 4. The number of anilines is 1. The molecular weight excluding hydrogens is 362 g/mol. The zero-order chi connectivity index (χ0) is 20.0. The lowest BCUT2D eigenvalue weighted by atomic mass is 10.2. The number of nitrogens with two attached hydrogens (primary N) is 1. The number of aliphatic hydroxyl groups excluding tert-OH is 2. The molecule has 3 atom stereocenters. The highest BCUT2D eigenvalue weighted by atomic mass is 16.6. The molecule has 0 bridgehead atoms. The second-order valence-corrected chi connectivity index (χ2v) is 5.67. The van der Waals surface area contributed by atoms with Crippen LogP contribution in [0.2, 0.25) is 0 Å². The number of nitrogens with zero attached hydrogens (tertiary/aromatic N) is 4. The lowest BCUT2D eigenvalue weighted by molar-refractivity contribution is -0.171. The van der Waals surface area contributed by atoms with Crippen LogP contribution in [-0.4, -0.2) is 72.2 Å². The molecule has 2 heterocycles. The molecule has 12 heteroatoms. The van der Waals surface area contributed by atoms with Crippen LogP contribution in [0.15, 0.2) is 12.7 Å². The van der Waals surface area contributed by atoms with Crippen LogP contribution in [0.25, 0.3) is 11.2 Å². The van der Waals surface area contributed by atoms with E-state index in [-0.39, 0.29) is 18.7 Å². The number of aliphatic carboxylic acids is 1. The van der Waals surface area contributed by atoms with Crippen molar-refractivity contribution in [1.82, 2.24) is 19.5 Å². The summed E-state index contributed by atoms with van der Waals surface area (Å²) in [5.74, 6) is -1.70. The van der Waals surface area contributed by atoms with Crippen LogP contribution in [0.4, 0.5) is 5.82 Å². The Labute approximate surface area is 153 Å². The van der Waals surface area contributed by atoms with Crippen LogP contribution in [0.3, 0.4) is 0 Å². The van der Waals surface area contributed by atoms with Gasteiger partial charge in [-0.25, -0.2) is 15.0 Å². The molecule has 0 aliphatic carbocycles. The first-order chi connectivity index (χ1) is 12.9. The number of esters is 1. The largest absolute Gasteiger partial charge is 0.481 e. The SMILES string of the molecule is C[C@@H](OC(=O)CCC(=O)O)[C@@H](CO)O[C@H](CO)n1cnc2c(N)ncnc21. The predicted octanol–water partition coefficient (Wildman–Crippen LogP) is -0.927. The molecule has 0 fully saturated rings. The lowest BCUT2D eigenvalue weighted by Crippen LogP contribution is -2.37. The van der Waals surface area contributed by atoms with Gasteiger partial charge in [0.15, 0.2) is 17.7 Å². The van der Waals surface area contributed by atoms with Crippen molar-refractivity contribution in [3.8, 4) is 0 Å². The highest BCUT2D eigenvalue weighted by Crippen LogP contribution is 2.21. The number of imidazole rings is 1. The monoisotopic (exact) mass is 383 g/mol. The summed E-state index contributed by atoms with van der Waals surface area (Å²) in [5.41, 5.74) is 6.37. The highest BCUT2D eigenvalue weighted by molar-refractivity contribution is 5.81. The average Bonchev–Trinajstić information content (AvgIpc) is 3.06. The van der Waals surface area contributed by atoms with Crippen molar-refractivity contribution < 1.29 is 34.4 Å². The summed E-state index contributed by atoms with van der Waals surface area (Å²) < 4.78 is 12.2. The van der Waals surface area contributed by atoms with E-state index in [1.807, 2.05) is 0 Å². The minimum absolute atomic E-state index is 0.162. The van der Waals surface area contributed by atoms with Crippen molar-refractivity contribution in [2.24, 2.45) is 0 Å². The quantitative estimate of drug-likeness (QED) is 0.372. The number of fused-ring (bicyclic) bond motifs is 1. The minimum Gasteiger partial charge on any atom is -0.481 e. The standard InChI is InChI=1S/C15H21N5O7/c1-8(26-12(25)3-2-11(23)24)9(4-21)27-10(5-22)20-7-19-13-14(16)17-6-18-15(13)20/h6-10,21-22H,2-5H2,1H3,(H,23,24)(H2,16,17,18)/t8-,9-,10-/m1/s1. The van der Waals surface area contributed by atoms with E-state index < -0.39 is 43.6 Å². The first kappa shape index (κ1) is 20.5. The fourth-order valence-corrected chi connectivity index (χ4v) is 2.33. The van der Waals surface area contributed by atoms with Crippen LogP contribution in [0.5, 0.6) is 0 Å². The Kier molecular flexibility index (Phi) is 6.98. The normalized spacial score (nSPS) is 14.6.